The lowest BCUT2D eigenvalue weighted by atomic mass is 10.3. The highest BCUT2D eigenvalue weighted by Crippen LogP contribution is 2.26. The lowest BCUT2D eigenvalue weighted by Crippen LogP contribution is -2.02. The number of aromatic nitrogens is 4. The number of pyridine rings is 2. The molecule has 7 heteroatoms. The zero-order valence-electron chi connectivity index (χ0n) is 11.7. The molecule has 0 aliphatic carbocycles. The van der Waals surface area contributed by atoms with Crippen molar-refractivity contribution in [3.05, 3.63) is 53.4 Å². The summed E-state index contributed by atoms with van der Waals surface area (Å²) in [6.45, 7) is 0. The van der Waals surface area contributed by atoms with E-state index in [-0.39, 0.29) is 0 Å². The molecule has 0 fully saturated rings. The van der Waals surface area contributed by atoms with Crippen LogP contribution in [0.15, 0.2) is 53.4 Å². The quantitative estimate of drug-likeness (QED) is 0.770. The number of halogens is 1. The normalized spacial score (nSPS) is 10.3. The summed E-state index contributed by atoms with van der Waals surface area (Å²) < 4.78 is 6.19. The van der Waals surface area contributed by atoms with Gasteiger partial charge in [0, 0.05) is 16.9 Å². The molecule has 22 heavy (non-hydrogen) atoms. The maximum atomic E-state index is 5.29. The number of hydrogen-bond acceptors (Lipinski definition) is 6. The zero-order valence-corrected chi connectivity index (χ0v) is 13.3. The summed E-state index contributed by atoms with van der Waals surface area (Å²) in [7, 11) is 1.57. The van der Waals surface area contributed by atoms with Gasteiger partial charge < -0.3 is 10.1 Å². The molecule has 0 bridgehead atoms. The predicted molar refractivity (Wildman–Crippen MR) is 87.0 cm³/mol. The number of nitrogens with one attached hydrogen (secondary N) is 1. The van der Waals surface area contributed by atoms with Gasteiger partial charge in [-0.1, -0.05) is 6.07 Å². The maximum absolute atomic E-state index is 5.29. The Hall–Kier alpha value is -2.54. The molecule has 0 aliphatic rings. The Bertz CT molecular complexity index is 765. The van der Waals surface area contributed by atoms with Crippen molar-refractivity contribution in [1.82, 2.24) is 19.9 Å². The van der Waals surface area contributed by atoms with Gasteiger partial charge >= 0.3 is 0 Å². The van der Waals surface area contributed by atoms with Crippen molar-refractivity contribution in [2.45, 2.75) is 0 Å². The van der Waals surface area contributed by atoms with E-state index in [9.17, 15) is 0 Å². The van der Waals surface area contributed by atoms with E-state index >= 15 is 0 Å². The summed E-state index contributed by atoms with van der Waals surface area (Å²) in [5.74, 6) is 2.24. The van der Waals surface area contributed by atoms with Crippen LogP contribution >= 0.6 is 15.9 Å². The summed E-state index contributed by atoms with van der Waals surface area (Å²) in [5.41, 5.74) is 0.692. The third-order valence-corrected chi connectivity index (χ3v) is 3.31. The fourth-order valence-electron chi connectivity index (χ4n) is 1.80. The predicted octanol–water partition coefficient (Wildman–Crippen LogP) is 3.45. The lowest BCUT2D eigenvalue weighted by Gasteiger charge is -2.10. The molecule has 3 aromatic rings. The van der Waals surface area contributed by atoms with Crippen LogP contribution in [0.25, 0.3) is 11.5 Å². The Kier molecular flexibility index (Phi) is 4.24. The molecule has 0 saturated carbocycles. The Labute approximate surface area is 135 Å². The van der Waals surface area contributed by atoms with Gasteiger partial charge in [0.05, 0.1) is 13.3 Å². The number of ether oxygens (including phenoxy) is 1. The average molecular weight is 358 g/mol. The monoisotopic (exact) mass is 357 g/mol. The highest BCUT2D eigenvalue weighted by atomic mass is 79.9. The van der Waals surface area contributed by atoms with Gasteiger partial charge in [-0.2, -0.15) is 0 Å². The van der Waals surface area contributed by atoms with Crippen molar-refractivity contribution in [2.75, 3.05) is 12.4 Å². The summed E-state index contributed by atoms with van der Waals surface area (Å²) in [6.07, 6.45) is 5.01. The van der Waals surface area contributed by atoms with Crippen LogP contribution in [-0.4, -0.2) is 27.0 Å². The standard InChI is InChI=1S/C15H12BrN5O/c1-22-12-9-19-14(11-4-2-3-7-17-11)21-15(12)20-13-6-5-10(16)8-18-13/h2-9H,1H3,(H,18,19,20,21). The van der Waals surface area contributed by atoms with Gasteiger partial charge in [-0.25, -0.2) is 15.0 Å². The van der Waals surface area contributed by atoms with E-state index in [1.807, 2.05) is 30.3 Å². The fourth-order valence-corrected chi connectivity index (χ4v) is 2.03. The second-order valence-electron chi connectivity index (χ2n) is 4.31. The minimum Gasteiger partial charge on any atom is -0.491 e. The molecule has 3 aromatic heterocycles. The van der Waals surface area contributed by atoms with Crippen LogP contribution in [0.4, 0.5) is 11.6 Å². The largest absolute Gasteiger partial charge is 0.491 e. The molecule has 3 heterocycles. The first-order valence-corrected chi connectivity index (χ1v) is 7.26. The van der Waals surface area contributed by atoms with Gasteiger partial charge in [-0.15, -0.1) is 0 Å². The van der Waals surface area contributed by atoms with E-state index in [1.165, 1.54) is 0 Å². The Balaban J connectivity index is 1.96. The maximum Gasteiger partial charge on any atom is 0.180 e. The molecule has 0 saturated heterocycles. The molecule has 0 radical (unpaired) electrons. The van der Waals surface area contributed by atoms with E-state index in [0.29, 0.717) is 28.9 Å². The summed E-state index contributed by atoms with van der Waals surface area (Å²) in [5, 5.41) is 3.12. The van der Waals surface area contributed by atoms with Crippen LogP contribution in [0, 0.1) is 0 Å². The molecule has 0 aliphatic heterocycles. The van der Waals surface area contributed by atoms with Crippen LogP contribution < -0.4 is 10.1 Å². The van der Waals surface area contributed by atoms with E-state index in [1.54, 1.807) is 25.7 Å². The number of anilines is 2. The third-order valence-electron chi connectivity index (χ3n) is 2.84. The van der Waals surface area contributed by atoms with Gasteiger partial charge in [0.2, 0.25) is 0 Å². The molecule has 1 N–H and O–H groups in total. The Morgan fingerprint density at radius 1 is 1.05 bits per heavy atom. The third kappa shape index (κ3) is 3.20. The molecule has 0 aromatic carbocycles. The van der Waals surface area contributed by atoms with Gasteiger partial charge in [-0.05, 0) is 40.2 Å². The van der Waals surface area contributed by atoms with Gasteiger partial charge in [-0.3, -0.25) is 4.98 Å². The molecule has 3 rings (SSSR count). The minimum atomic E-state index is 0.515. The molecule has 110 valence electrons. The van der Waals surface area contributed by atoms with Crippen molar-refractivity contribution in [3.63, 3.8) is 0 Å². The average Bonchev–Trinajstić information content (AvgIpc) is 2.58. The van der Waals surface area contributed by atoms with Crippen molar-refractivity contribution in [1.29, 1.82) is 0 Å². The van der Waals surface area contributed by atoms with Crippen LogP contribution in [0.2, 0.25) is 0 Å². The fraction of sp³-hybridized carbons (Fsp3) is 0.0667. The van der Waals surface area contributed by atoms with E-state index in [2.05, 4.69) is 41.2 Å². The van der Waals surface area contributed by atoms with Crippen molar-refractivity contribution in [2.24, 2.45) is 0 Å². The highest BCUT2D eigenvalue weighted by molar-refractivity contribution is 9.10. The topological polar surface area (TPSA) is 72.8 Å². The first-order valence-electron chi connectivity index (χ1n) is 6.47. The van der Waals surface area contributed by atoms with Gasteiger partial charge in [0.15, 0.2) is 17.4 Å². The zero-order chi connectivity index (χ0) is 15.4. The SMILES string of the molecule is COc1cnc(-c2ccccn2)nc1Nc1ccc(Br)cn1. The minimum absolute atomic E-state index is 0.515. The van der Waals surface area contributed by atoms with Gasteiger partial charge in [0.25, 0.3) is 0 Å². The van der Waals surface area contributed by atoms with Crippen LogP contribution in [0.1, 0.15) is 0 Å². The Morgan fingerprint density at radius 2 is 1.95 bits per heavy atom. The number of methoxy groups -OCH3 is 1. The summed E-state index contributed by atoms with van der Waals surface area (Å²) >= 11 is 3.35. The number of rotatable bonds is 4. The van der Waals surface area contributed by atoms with Crippen molar-refractivity contribution >= 4 is 27.6 Å². The number of hydrogen-bond donors (Lipinski definition) is 1. The first kappa shape index (κ1) is 14.4. The van der Waals surface area contributed by atoms with E-state index in [0.717, 1.165) is 4.47 Å². The summed E-state index contributed by atoms with van der Waals surface area (Å²) in [6, 6.07) is 9.31. The first-order chi connectivity index (χ1) is 10.8. The van der Waals surface area contributed by atoms with Crippen LogP contribution in [0.3, 0.4) is 0 Å². The van der Waals surface area contributed by atoms with E-state index in [4.69, 9.17) is 4.74 Å². The van der Waals surface area contributed by atoms with E-state index < -0.39 is 0 Å². The molecule has 0 amide bonds. The molecule has 0 unspecified atom stereocenters. The molecule has 0 atom stereocenters. The molecule has 6 nitrogen and oxygen atoms in total. The van der Waals surface area contributed by atoms with Crippen LogP contribution in [-0.2, 0) is 0 Å². The second-order valence-corrected chi connectivity index (χ2v) is 5.23. The number of nitrogens with zero attached hydrogens (tertiary/aromatic N) is 4. The van der Waals surface area contributed by atoms with Crippen molar-refractivity contribution < 1.29 is 4.74 Å². The van der Waals surface area contributed by atoms with Crippen LogP contribution in [0.5, 0.6) is 5.75 Å². The smallest absolute Gasteiger partial charge is 0.180 e. The summed E-state index contributed by atoms with van der Waals surface area (Å²) in [4.78, 5) is 17.3. The second kappa shape index (κ2) is 6.48. The molecular weight excluding hydrogens is 346 g/mol. The molecule has 0 spiro atoms. The highest BCUT2D eigenvalue weighted by Gasteiger charge is 2.10. The van der Waals surface area contributed by atoms with Crippen molar-refractivity contribution in [3.8, 4) is 17.3 Å². The Morgan fingerprint density at radius 3 is 2.64 bits per heavy atom. The lowest BCUT2D eigenvalue weighted by molar-refractivity contribution is 0.413. The molecular formula is C15H12BrN5O. The van der Waals surface area contributed by atoms with Gasteiger partial charge in [0.1, 0.15) is 11.5 Å².